The van der Waals surface area contributed by atoms with Gasteiger partial charge in [0.05, 0.1) is 24.6 Å². The van der Waals surface area contributed by atoms with Gasteiger partial charge in [-0.15, -0.1) is 0 Å². The Balaban J connectivity index is 2.08. The molecule has 3 rings (SSSR count). The van der Waals surface area contributed by atoms with E-state index in [0.717, 1.165) is 5.39 Å². The first-order valence-corrected chi connectivity index (χ1v) is 10.4. The number of hydrogen-bond donors (Lipinski definition) is 0. The number of carbonyl (C=O) groups excluding carboxylic acids is 1. The van der Waals surface area contributed by atoms with Crippen molar-refractivity contribution >= 4 is 38.5 Å². The summed E-state index contributed by atoms with van der Waals surface area (Å²) in [6.45, 7) is 0. The van der Waals surface area contributed by atoms with E-state index in [-0.39, 0.29) is 17.3 Å². The molecule has 3 aromatic rings. The van der Waals surface area contributed by atoms with Crippen molar-refractivity contribution in [1.82, 2.24) is 3.97 Å². The molecule has 0 unspecified atom stereocenters. The number of ether oxygens (including phenoxy) is 2. The fourth-order valence-corrected chi connectivity index (χ4v) is 4.79. The number of aryl methyl sites for hydroxylation is 1. The second-order valence-electron chi connectivity index (χ2n) is 6.21. The Morgan fingerprint density at radius 2 is 1.79 bits per heavy atom. The summed E-state index contributed by atoms with van der Waals surface area (Å²) in [4.78, 5) is 11.6. The van der Waals surface area contributed by atoms with Gasteiger partial charge in [-0.3, -0.25) is 4.79 Å². The molecule has 0 N–H and O–H groups in total. The number of aromatic nitrogens is 1. The van der Waals surface area contributed by atoms with Crippen LogP contribution in [-0.4, -0.2) is 32.6 Å². The normalized spacial score (nSPS) is 11.5. The molecule has 8 heteroatoms. The third kappa shape index (κ3) is 4.00. The van der Waals surface area contributed by atoms with Gasteiger partial charge in [-0.25, -0.2) is 12.4 Å². The molecule has 0 fully saturated rings. The van der Waals surface area contributed by atoms with Crippen LogP contribution >= 0.6 is 11.6 Å². The molecule has 28 heavy (non-hydrogen) atoms. The second kappa shape index (κ2) is 8.24. The van der Waals surface area contributed by atoms with Crippen LogP contribution in [0.5, 0.6) is 5.75 Å². The van der Waals surface area contributed by atoms with Crippen LogP contribution in [0, 0.1) is 0 Å². The third-order valence-electron chi connectivity index (χ3n) is 4.43. The minimum absolute atomic E-state index is 0.148. The summed E-state index contributed by atoms with van der Waals surface area (Å²) < 4.78 is 37.8. The summed E-state index contributed by atoms with van der Waals surface area (Å²) in [6.07, 6.45) is 1.08. The van der Waals surface area contributed by atoms with Crippen molar-refractivity contribution in [2.75, 3.05) is 14.2 Å². The van der Waals surface area contributed by atoms with Gasteiger partial charge in [-0.2, -0.15) is 0 Å². The number of esters is 1. The number of fused-ring (bicyclic) bond motifs is 1. The highest BCUT2D eigenvalue weighted by molar-refractivity contribution is 7.90. The van der Waals surface area contributed by atoms with Gasteiger partial charge in [0.15, 0.2) is 0 Å². The highest BCUT2D eigenvalue weighted by Crippen LogP contribution is 2.29. The summed E-state index contributed by atoms with van der Waals surface area (Å²) in [7, 11) is -0.996. The van der Waals surface area contributed by atoms with Crippen LogP contribution in [0.1, 0.15) is 18.5 Å². The zero-order valence-electron chi connectivity index (χ0n) is 15.5. The molecule has 6 nitrogen and oxygen atoms in total. The molecule has 0 aliphatic carbocycles. The maximum absolute atomic E-state index is 13.4. The quantitative estimate of drug-likeness (QED) is 0.538. The minimum Gasteiger partial charge on any atom is -0.497 e. The number of methoxy groups -OCH3 is 2. The predicted octanol–water partition coefficient (Wildman–Crippen LogP) is 4.04. The third-order valence-corrected chi connectivity index (χ3v) is 6.45. The van der Waals surface area contributed by atoms with Gasteiger partial charge in [0.2, 0.25) is 0 Å². The van der Waals surface area contributed by atoms with Gasteiger partial charge >= 0.3 is 5.97 Å². The first-order chi connectivity index (χ1) is 13.4. The summed E-state index contributed by atoms with van der Waals surface area (Å²) >= 11 is 6.08. The summed E-state index contributed by atoms with van der Waals surface area (Å²) in [6, 6.07) is 13.1. The van der Waals surface area contributed by atoms with E-state index in [1.54, 1.807) is 36.4 Å². The van der Waals surface area contributed by atoms with E-state index in [4.69, 9.17) is 16.3 Å². The van der Waals surface area contributed by atoms with Crippen molar-refractivity contribution in [1.29, 1.82) is 0 Å². The van der Waals surface area contributed by atoms with E-state index in [0.29, 0.717) is 34.8 Å². The van der Waals surface area contributed by atoms with Gasteiger partial charge < -0.3 is 9.47 Å². The number of benzene rings is 2. The van der Waals surface area contributed by atoms with E-state index in [1.165, 1.54) is 30.3 Å². The molecule has 2 aromatic carbocycles. The molecule has 0 saturated heterocycles. The van der Waals surface area contributed by atoms with E-state index >= 15 is 0 Å². The molecule has 0 atom stereocenters. The lowest BCUT2D eigenvalue weighted by molar-refractivity contribution is -0.140. The maximum Gasteiger partial charge on any atom is 0.305 e. The Labute approximate surface area is 168 Å². The Morgan fingerprint density at radius 3 is 2.43 bits per heavy atom. The van der Waals surface area contributed by atoms with E-state index < -0.39 is 10.0 Å². The number of rotatable bonds is 7. The smallest absolute Gasteiger partial charge is 0.305 e. The van der Waals surface area contributed by atoms with Crippen LogP contribution in [0.25, 0.3) is 10.9 Å². The molecule has 1 heterocycles. The SMILES string of the molecule is COC(=O)CCCc1cc2cc(Cl)ccc2n1S(=O)(=O)c1ccc(OC)cc1. The summed E-state index contributed by atoms with van der Waals surface area (Å²) in [5.41, 5.74) is 1.12. The number of carbonyl (C=O) groups is 1. The first-order valence-electron chi connectivity index (χ1n) is 8.63. The maximum atomic E-state index is 13.4. The van der Waals surface area contributed by atoms with Crippen LogP contribution in [0.4, 0.5) is 0 Å². The lowest BCUT2D eigenvalue weighted by Crippen LogP contribution is -2.16. The Hall–Kier alpha value is -2.51. The Bertz CT molecular complexity index is 1100. The second-order valence-corrected chi connectivity index (χ2v) is 8.44. The van der Waals surface area contributed by atoms with Crippen molar-refractivity contribution in [2.45, 2.75) is 24.2 Å². The van der Waals surface area contributed by atoms with Gasteiger partial charge in [-0.05, 0) is 61.4 Å². The molecule has 0 saturated carbocycles. The van der Waals surface area contributed by atoms with Crippen LogP contribution in [0.15, 0.2) is 53.4 Å². The average molecular weight is 422 g/mol. The van der Waals surface area contributed by atoms with Crippen molar-refractivity contribution < 1.29 is 22.7 Å². The van der Waals surface area contributed by atoms with Crippen molar-refractivity contribution in [3.63, 3.8) is 0 Å². The molecule has 0 bridgehead atoms. The predicted molar refractivity (Wildman–Crippen MR) is 107 cm³/mol. The van der Waals surface area contributed by atoms with Crippen LogP contribution in [-0.2, 0) is 26.0 Å². The topological polar surface area (TPSA) is 74.6 Å². The van der Waals surface area contributed by atoms with E-state index in [2.05, 4.69) is 4.74 Å². The van der Waals surface area contributed by atoms with Crippen molar-refractivity contribution in [3.05, 3.63) is 59.2 Å². The number of hydrogen-bond acceptors (Lipinski definition) is 5. The fourth-order valence-electron chi connectivity index (χ4n) is 3.05. The van der Waals surface area contributed by atoms with Crippen LogP contribution in [0.3, 0.4) is 0 Å². The standard InChI is InChI=1S/C20H20ClNO5S/c1-26-17-7-9-18(10-8-17)28(24,25)22-16(4-3-5-20(23)27-2)13-14-12-15(21)6-11-19(14)22/h6-13H,3-5H2,1-2H3. The zero-order valence-corrected chi connectivity index (χ0v) is 17.1. The van der Waals surface area contributed by atoms with Gasteiger partial charge in [0, 0.05) is 22.5 Å². The highest BCUT2D eigenvalue weighted by atomic mass is 35.5. The molecular formula is C20H20ClNO5S. The van der Waals surface area contributed by atoms with Gasteiger partial charge in [-0.1, -0.05) is 11.6 Å². The molecular weight excluding hydrogens is 402 g/mol. The number of nitrogens with zero attached hydrogens (tertiary/aromatic N) is 1. The van der Waals surface area contributed by atoms with Gasteiger partial charge in [0.25, 0.3) is 10.0 Å². The van der Waals surface area contributed by atoms with Crippen LogP contribution < -0.4 is 4.74 Å². The zero-order chi connectivity index (χ0) is 20.3. The largest absolute Gasteiger partial charge is 0.497 e. The van der Waals surface area contributed by atoms with E-state index in [1.807, 2.05) is 0 Å². The highest BCUT2D eigenvalue weighted by Gasteiger charge is 2.23. The average Bonchev–Trinajstić information content (AvgIpc) is 3.05. The molecule has 0 amide bonds. The van der Waals surface area contributed by atoms with E-state index in [9.17, 15) is 13.2 Å². The molecule has 148 valence electrons. The lowest BCUT2D eigenvalue weighted by Gasteiger charge is -2.12. The minimum atomic E-state index is -3.85. The van der Waals surface area contributed by atoms with Crippen LogP contribution in [0.2, 0.25) is 5.02 Å². The summed E-state index contributed by atoms with van der Waals surface area (Å²) in [5, 5.41) is 1.24. The molecule has 0 aliphatic heterocycles. The lowest BCUT2D eigenvalue weighted by atomic mass is 10.2. The Kier molecular flexibility index (Phi) is 5.96. The van der Waals surface area contributed by atoms with Gasteiger partial charge in [0.1, 0.15) is 5.75 Å². The Morgan fingerprint density at radius 1 is 1.07 bits per heavy atom. The molecule has 0 spiro atoms. The monoisotopic (exact) mass is 421 g/mol. The summed E-state index contributed by atoms with van der Waals surface area (Å²) in [5.74, 6) is 0.241. The molecule has 1 aromatic heterocycles. The molecule has 0 aliphatic rings. The fraction of sp³-hybridized carbons (Fsp3) is 0.250. The van der Waals surface area contributed by atoms with Crippen molar-refractivity contribution in [3.8, 4) is 5.75 Å². The number of halogens is 1. The molecule has 0 radical (unpaired) electrons. The van der Waals surface area contributed by atoms with Crippen molar-refractivity contribution in [2.24, 2.45) is 0 Å². The first kappa shape index (κ1) is 20.2.